The van der Waals surface area contributed by atoms with Crippen LogP contribution in [0.4, 0.5) is 0 Å². The molecule has 4 nitrogen and oxygen atoms in total. The lowest BCUT2D eigenvalue weighted by Crippen LogP contribution is -2.28. The lowest BCUT2D eigenvalue weighted by Gasteiger charge is -2.22. The quantitative estimate of drug-likeness (QED) is 0.732. The van der Waals surface area contributed by atoms with Crippen molar-refractivity contribution in [2.24, 2.45) is 0 Å². The third-order valence-corrected chi connectivity index (χ3v) is 2.95. The van der Waals surface area contributed by atoms with Gasteiger partial charge in [0.05, 0.1) is 6.04 Å². The molecule has 1 saturated heterocycles. The molecule has 0 unspecified atom stereocenters. The first-order chi connectivity index (χ1) is 6.70. The summed E-state index contributed by atoms with van der Waals surface area (Å²) in [5, 5.41) is 3.13. The minimum atomic E-state index is 0.120. The molecule has 1 aromatic heterocycles. The second kappa shape index (κ2) is 3.61. The third-order valence-electron chi connectivity index (χ3n) is 2.95. The summed E-state index contributed by atoms with van der Waals surface area (Å²) in [5.41, 5.74) is 1.92. The normalized spacial score (nSPS) is 18.7. The fourth-order valence-corrected chi connectivity index (χ4v) is 1.86. The van der Waals surface area contributed by atoms with Crippen LogP contribution in [0.3, 0.4) is 0 Å². The Labute approximate surface area is 82.9 Å². The van der Waals surface area contributed by atoms with Gasteiger partial charge in [0.15, 0.2) is 0 Å². The van der Waals surface area contributed by atoms with Crippen molar-refractivity contribution in [3.05, 3.63) is 21.6 Å². The number of ether oxygens (including phenoxy) is 1. The first-order valence-electron chi connectivity index (χ1n) is 5.05. The summed E-state index contributed by atoms with van der Waals surface area (Å²) >= 11 is 0. The van der Waals surface area contributed by atoms with Crippen LogP contribution in [-0.2, 0) is 4.74 Å². The zero-order valence-electron chi connectivity index (χ0n) is 8.67. The van der Waals surface area contributed by atoms with Crippen molar-refractivity contribution in [3.8, 4) is 0 Å². The van der Waals surface area contributed by atoms with Gasteiger partial charge in [-0.1, -0.05) is 0 Å². The zero-order valence-corrected chi connectivity index (χ0v) is 8.67. The Kier molecular flexibility index (Phi) is 2.46. The molecular formula is C10H16N2O2. The van der Waals surface area contributed by atoms with E-state index >= 15 is 0 Å². The molecule has 0 amide bonds. The van der Waals surface area contributed by atoms with Gasteiger partial charge in [0, 0.05) is 24.5 Å². The van der Waals surface area contributed by atoms with E-state index in [1.165, 1.54) is 0 Å². The monoisotopic (exact) mass is 196 g/mol. The largest absolute Gasteiger partial charge is 0.381 e. The highest BCUT2D eigenvalue weighted by Gasteiger charge is 2.19. The van der Waals surface area contributed by atoms with Crippen molar-refractivity contribution in [2.45, 2.75) is 32.7 Å². The van der Waals surface area contributed by atoms with Crippen LogP contribution in [0, 0.1) is 13.8 Å². The fraction of sp³-hybridized carbons (Fsp3) is 0.700. The number of H-pyrrole nitrogens is 1. The Morgan fingerprint density at radius 1 is 1.36 bits per heavy atom. The van der Waals surface area contributed by atoms with E-state index in [2.05, 4.69) is 5.10 Å². The van der Waals surface area contributed by atoms with Crippen LogP contribution in [0.15, 0.2) is 4.79 Å². The number of hydrogen-bond donors (Lipinski definition) is 1. The van der Waals surface area contributed by atoms with E-state index in [1.807, 2.05) is 13.8 Å². The molecule has 0 aliphatic carbocycles. The van der Waals surface area contributed by atoms with Gasteiger partial charge in [0.25, 0.3) is 5.56 Å². The van der Waals surface area contributed by atoms with E-state index in [0.717, 1.165) is 37.3 Å². The van der Waals surface area contributed by atoms with Crippen LogP contribution in [0.25, 0.3) is 0 Å². The van der Waals surface area contributed by atoms with Gasteiger partial charge in [-0.25, -0.2) is 4.68 Å². The van der Waals surface area contributed by atoms with Crippen molar-refractivity contribution < 1.29 is 4.74 Å². The van der Waals surface area contributed by atoms with Crippen LogP contribution in [0.5, 0.6) is 0 Å². The molecule has 2 rings (SSSR count). The fourth-order valence-electron chi connectivity index (χ4n) is 1.86. The Morgan fingerprint density at radius 2 is 2.00 bits per heavy atom. The average molecular weight is 196 g/mol. The summed E-state index contributed by atoms with van der Waals surface area (Å²) in [6.07, 6.45) is 1.86. The Balaban J connectivity index is 2.31. The highest BCUT2D eigenvalue weighted by atomic mass is 16.5. The van der Waals surface area contributed by atoms with E-state index in [1.54, 1.807) is 4.68 Å². The second-order valence-electron chi connectivity index (χ2n) is 3.88. The number of nitrogens with zero attached hydrogens (tertiary/aromatic N) is 1. The second-order valence-corrected chi connectivity index (χ2v) is 3.88. The minimum Gasteiger partial charge on any atom is -0.381 e. The van der Waals surface area contributed by atoms with E-state index in [4.69, 9.17) is 4.74 Å². The van der Waals surface area contributed by atoms with Gasteiger partial charge in [-0.3, -0.25) is 9.89 Å². The summed E-state index contributed by atoms with van der Waals surface area (Å²) in [4.78, 5) is 11.8. The highest BCUT2D eigenvalue weighted by molar-refractivity contribution is 5.13. The predicted octanol–water partition coefficient (Wildman–Crippen LogP) is 1.14. The van der Waals surface area contributed by atoms with Crippen molar-refractivity contribution in [3.63, 3.8) is 0 Å². The molecule has 4 heteroatoms. The summed E-state index contributed by atoms with van der Waals surface area (Å²) in [5.74, 6) is 0. The van der Waals surface area contributed by atoms with E-state index < -0.39 is 0 Å². The highest BCUT2D eigenvalue weighted by Crippen LogP contribution is 2.18. The topological polar surface area (TPSA) is 47.0 Å². The van der Waals surface area contributed by atoms with Crippen LogP contribution in [0.2, 0.25) is 0 Å². The van der Waals surface area contributed by atoms with Crippen molar-refractivity contribution in [1.29, 1.82) is 0 Å². The van der Waals surface area contributed by atoms with Gasteiger partial charge in [-0.2, -0.15) is 0 Å². The summed E-state index contributed by atoms with van der Waals surface area (Å²) in [7, 11) is 0. The molecule has 1 aliphatic rings. The molecule has 0 radical (unpaired) electrons. The molecule has 0 saturated carbocycles. The smallest absolute Gasteiger partial charge is 0.269 e. The third kappa shape index (κ3) is 1.50. The van der Waals surface area contributed by atoms with Crippen molar-refractivity contribution >= 4 is 0 Å². The van der Waals surface area contributed by atoms with Crippen molar-refractivity contribution in [2.75, 3.05) is 13.2 Å². The number of rotatable bonds is 1. The van der Waals surface area contributed by atoms with Gasteiger partial charge in [-0.05, 0) is 26.7 Å². The van der Waals surface area contributed by atoms with Gasteiger partial charge in [0.2, 0.25) is 0 Å². The van der Waals surface area contributed by atoms with Crippen LogP contribution < -0.4 is 5.56 Å². The molecule has 1 aliphatic heterocycles. The van der Waals surface area contributed by atoms with Crippen LogP contribution in [0.1, 0.15) is 30.1 Å². The number of aryl methyl sites for hydroxylation is 1. The maximum absolute atomic E-state index is 11.8. The molecule has 1 fully saturated rings. The summed E-state index contributed by atoms with van der Waals surface area (Å²) in [6.45, 7) is 5.32. The average Bonchev–Trinajstić information content (AvgIpc) is 2.47. The lowest BCUT2D eigenvalue weighted by molar-refractivity contribution is 0.0652. The lowest BCUT2D eigenvalue weighted by atomic mass is 10.1. The zero-order chi connectivity index (χ0) is 10.1. The molecule has 0 spiro atoms. The van der Waals surface area contributed by atoms with Gasteiger partial charge < -0.3 is 4.74 Å². The molecule has 78 valence electrons. The molecule has 14 heavy (non-hydrogen) atoms. The van der Waals surface area contributed by atoms with E-state index in [0.29, 0.717) is 6.04 Å². The maximum Gasteiger partial charge on any atom is 0.269 e. The van der Waals surface area contributed by atoms with Gasteiger partial charge in [0.1, 0.15) is 0 Å². The van der Waals surface area contributed by atoms with Crippen LogP contribution >= 0.6 is 0 Å². The number of aromatic nitrogens is 2. The molecule has 0 bridgehead atoms. The number of hydrogen-bond acceptors (Lipinski definition) is 2. The molecule has 0 atom stereocenters. The summed E-state index contributed by atoms with van der Waals surface area (Å²) in [6, 6.07) is 0.295. The first kappa shape index (κ1) is 9.52. The Bertz CT molecular complexity index is 372. The molecule has 0 aromatic carbocycles. The maximum atomic E-state index is 11.8. The van der Waals surface area contributed by atoms with Crippen molar-refractivity contribution in [1.82, 2.24) is 9.78 Å². The number of nitrogens with one attached hydrogen (secondary N) is 1. The molecular weight excluding hydrogens is 180 g/mol. The minimum absolute atomic E-state index is 0.120. The predicted molar refractivity (Wildman–Crippen MR) is 53.6 cm³/mol. The standard InChI is InChI=1S/C10H16N2O2/c1-7-8(2)11-12(10(7)13)9-3-5-14-6-4-9/h9,11H,3-6H2,1-2H3. The van der Waals surface area contributed by atoms with Gasteiger partial charge in [-0.15, -0.1) is 0 Å². The molecule has 1 aromatic rings. The van der Waals surface area contributed by atoms with E-state index in [9.17, 15) is 4.79 Å². The SMILES string of the molecule is Cc1[nH]n(C2CCOCC2)c(=O)c1C. The Hall–Kier alpha value is -1.03. The van der Waals surface area contributed by atoms with Gasteiger partial charge >= 0.3 is 0 Å². The molecule has 2 heterocycles. The Morgan fingerprint density at radius 3 is 2.50 bits per heavy atom. The molecule has 1 N–H and O–H groups in total. The van der Waals surface area contributed by atoms with E-state index in [-0.39, 0.29) is 5.56 Å². The first-order valence-corrected chi connectivity index (χ1v) is 5.05. The summed E-state index contributed by atoms with van der Waals surface area (Å²) < 4.78 is 7.03. The van der Waals surface area contributed by atoms with Crippen LogP contribution in [-0.4, -0.2) is 23.0 Å². The number of aromatic amines is 1.